The van der Waals surface area contributed by atoms with E-state index in [4.69, 9.17) is 4.74 Å². The Balaban J connectivity index is 2.26. The molecule has 1 aromatic heterocycles. The van der Waals surface area contributed by atoms with Crippen LogP contribution < -0.4 is 5.32 Å². The minimum absolute atomic E-state index is 0.00471. The molecule has 7 nitrogen and oxygen atoms in total. The zero-order valence-electron chi connectivity index (χ0n) is 14.0. The minimum Gasteiger partial charge on any atom is -0.459 e. The van der Waals surface area contributed by atoms with Crippen LogP contribution in [-0.4, -0.2) is 50.7 Å². The summed E-state index contributed by atoms with van der Waals surface area (Å²) in [7, 11) is 0. The number of aliphatic hydroxyl groups is 2. The summed E-state index contributed by atoms with van der Waals surface area (Å²) in [5, 5.41) is 29.1. The lowest BCUT2D eigenvalue weighted by Crippen LogP contribution is -2.51. The van der Waals surface area contributed by atoms with Crippen molar-refractivity contribution in [2.45, 2.75) is 57.2 Å². The predicted octanol–water partition coefficient (Wildman–Crippen LogP) is 0.906. The highest BCUT2D eigenvalue weighted by molar-refractivity contribution is 5.82. The van der Waals surface area contributed by atoms with Gasteiger partial charge < -0.3 is 14.9 Å². The zero-order valence-corrected chi connectivity index (χ0v) is 14.0. The Hall–Kier alpha value is -1.44. The van der Waals surface area contributed by atoms with Crippen molar-refractivity contribution in [3.63, 3.8) is 0 Å². The van der Waals surface area contributed by atoms with Crippen molar-refractivity contribution >= 4 is 5.97 Å². The molecule has 23 heavy (non-hydrogen) atoms. The summed E-state index contributed by atoms with van der Waals surface area (Å²) in [4.78, 5) is 12.8. The Bertz CT molecular complexity index is 512. The maximum Gasteiger partial charge on any atom is 0.326 e. The molecule has 2 rings (SSSR count). The number of aliphatic hydroxyl groups excluding tert-OH is 2. The van der Waals surface area contributed by atoms with Crippen LogP contribution in [0, 0.1) is 5.92 Å². The van der Waals surface area contributed by atoms with Crippen LogP contribution >= 0.6 is 0 Å². The third kappa shape index (κ3) is 4.10. The van der Waals surface area contributed by atoms with Gasteiger partial charge in [0.05, 0.1) is 11.7 Å². The molecule has 2 heterocycles. The molecule has 1 aliphatic heterocycles. The van der Waals surface area contributed by atoms with Gasteiger partial charge in [0.1, 0.15) is 11.1 Å². The molecular weight excluding hydrogens is 298 g/mol. The van der Waals surface area contributed by atoms with Gasteiger partial charge in [-0.05, 0) is 46.1 Å². The summed E-state index contributed by atoms with van der Waals surface area (Å²) in [6.07, 6.45) is 3.05. The molecule has 3 atom stereocenters. The van der Waals surface area contributed by atoms with E-state index in [1.54, 1.807) is 6.20 Å². The predicted molar refractivity (Wildman–Crippen MR) is 84.6 cm³/mol. The Morgan fingerprint density at radius 3 is 2.74 bits per heavy atom. The summed E-state index contributed by atoms with van der Waals surface area (Å²) >= 11 is 0. The average molecular weight is 325 g/mol. The molecule has 0 spiro atoms. The van der Waals surface area contributed by atoms with Crippen molar-refractivity contribution in [1.29, 1.82) is 0 Å². The molecular formula is C16H27N3O4. The average Bonchev–Trinajstić information content (AvgIpc) is 3.11. The molecule has 0 radical (unpaired) electrons. The highest BCUT2D eigenvalue weighted by Gasteiger charge is 2.51. The molecule has 1 fully saturated rings. The number of H-pyrrole nitrogens is 1. The van der Waals surface area contributed by atoms with E-state index in [9.17, 15) is 15.0 Å². The molecule has 0 bridgehead atoms. The van der Waals surface area contributed by atoms with Gasteiger partial charge in [-0.15, -0.1) is 0 Å². The van der Waals surface area contributed by atoms with Crippen molar-refractivity contribution in [1.82, 2.24) is 15.5 Å². The number of nitrogens with one attached hydrogen (secondary N) is 2. The number of rotatable bonds is 6. The summed E-state index contributed by atoms with van der Waals surface area (Å²) in [6.45, 7) is 5.45. The maximum atomic E-state index is 12.8. The van der Waals surface area contributed by atoms with Crippen LogP contribution in [0.2, 0.25) is 0 Å². The Morgan fingerprint density at radius 1 is 1.48 bits per heavy atom. The van der Waals surface area contributed by atoms with Crippen LogP contribution in [0.5, 0.6) is 0 Å². The summed E-state index contributed by atoms with van der Waals surface area (Å²) in [6, 6.07) is 1.63. The second-order valence-corrected chi connectivity index (χ2v) is 7.19. The first-order chi connectivity index (χ1) is 10.8. The summed E-state index contributed by atoms with van der Waals surface area (Å²) < 4.78 is 5.59. The molecule has 3 unspecified atom stereocenters. The fraction of sp³-hybridized carbons (Fsp3) is 0.750. The van der Waals surface area contributed by atoms with Crippen LogP contribution in [-0.2, 0) is 9.53 Å². The number of carbonyl (C=O) groups excluding carboxylic acids is 1. The van der Waals surface area contributed by atoms with Crippen LogP contribution in [0.4, 0.5) is 0 Å². The second kappa shape index (κ2) is 6.98. The number of aromatic nitrogens is 2. The normalized spacial score (nSPS) is 28.0. The standard InChI is InChI=1S/C16H27N3O4/c1-15(2,3)23-14(22)16(6-4-8-20)9-11(10-21)13(18-16)12-5-7-17-19-12/h5,7,11,13,18,20-21H,4,6,8-10H2,1-3H3,(H,17,19). The van der Waals surface area contributed by atoms with Crippen molar-refractivity contribution in [3.8, 4) is 0 Å². The number of ether oxygens (including phenoxy) is 1. The first-order valence-corrected chi connectivity index (χ1v) is 8.03. The number of nitrogens with zero attached hydrogens (tertiary/aromatic N) is 1. The SMILES string of the molecule is CC(C)(C)OC(=O)C1(CCCO)CC(CO)C(c2ccn[nH]2)N1. The topological polar surface area (TPSA) is 107 Å². The molecule has 0 aliphatic carbocycles. The Labute approximate surface area is 136 Å². The number of esters is 1. The quantitative estimate of drug-likeness (QED) is 0.579. The van der Waals surface area contributed by atoms with E-state index in [2.05, 4.69) is 15.5 Å². The number of hydrogen-bond donors (Lipinski definition) is 4. The third-order valence-electron chi connectivity index (χ3n) is 4.16. The monoisotopic (exact) mass is 325 g/mol. The highest BCUT2D eigenvalue weighted by Crippen LogP contribution is 2.40. The van der Waals surface area contributed by atoms with Gasteiger partial charge in [-0.3, -0.25) is 15.2 Å². The maximum absolute atomic E-state index is 12.8. The molecule has 4 N–H and O–H groups in total. The van der Waals surface area contributed by atoms with Gasteiger partial charge in [-0.25, -0.2) is 0 Å². The molecule has 1 saturated heterocycles. The van der Waals surface area contributed by atoms with Crippen molar-refractivity contribution in [2.75, 3.05) is 13.2 Å². The molecule has 0 aromatic carbocycles. The zero-order chi connectivity index (χ0) is 17.1. The lowest BCUT2D eigenvalue weighted by molar-refractivity contribution is -0.163. The van der Waals surface area contributed by atoms with Gasteiger partial charge in [0, 0.05) is 25.3 Å². The number of hydrogen-bond acceptors (Lipinski definition) is 6. The van der Waals surface area contributed by atoms with Crippen LogP contribution in [0.1, 0.15) is 51.8 Å². The lowest BCUT2D eigenvalue weighted by Gasteiger charge is -2.32. The van der Waals surface area contributed by atoms with E-state index >= 15 is 0 Å². The van der Waals surface area contributed by atoms with Crippen molar-refractivity contribution in [3.05, 3.63) is 18.0 Å². The fourth-order valence-corrected chi connectivity index (χ4v) is 3.16. The van der Waals surface area contributed by atoms with Gasteiger partial charge >= 0.3 is 5.97 Å². The first kappa shape index (κ1) is 17.9. The van der Waals surface area contributed by atoms with Gasteiger partial charge in [0.2, 0.25) is 0 Å². The van der Waals surface area contributed by atoms with Crippen LogP contribution in [0.15, 0.2) is 12.3 Å². The molecule has 1 aliphatic rings. The second-order valence-electron chi connectivity index (χ2n) is 7.19. The molecule has 1 aromatic rings. The van der Waals surface area contributed by atoms with Crippen LogP contribution in [0.25, 0.3) is 0 Å². The van der Waals surface area contributed by atoms with E-state index in [0.717, 1.165) is 5.69 Å². The first-order valence-electron chi connectivity index (χ1n) is 8.03. The molecule has 0 amide bonds. The van der Waals surface area contributed by atoms with E-state index in [1.165, 1.54) is 0 Å². The minimum atomic E-state index is -0.904. The van der Waals surface area contributed by atoms with Gasteiger partial charge in [0.25, 0.3) is 0 Å². The van der Waals surface area contributed by atoms with E-state index in [1.807, 2.05) is 26.8 Å². The van der Waals surface area contributed by atoms with Crippen LogP contribution in [0.3, 0.4) is 0 Å². The Morgan fingerprint density at radius 2 is 2.22 bits per heavy atom. The van der Waals surface area contributed by atoms with E-state index < -0.39 is 11.1 Å². The van der Waals surface area contributed by atoms with E-state index in [0.29, 0.717) is 19.3 Å². The molecule has 0 saturated carbocycles. The number of carbonyl (C=O) groups is 1. The molecule has 7 heteroatoms. The largest absolute Gasteiger partial charge is 0.459 e. The van der Waals surface area contributed by atoms with Gasteiger partial charge in [-0.1, -0.05) is 0 Å². The smallest absolute Gasteiger partial charge is 0.326 e. The molecule has 130 valence electrons. The lowest BCUT2D eigenvalue weighted by atomic mass is 9.87. The summed E-state index contributed by atoms with van der Waals surface area (Å²) in [5.41, 5.74) is -0.663. The van der Waals surface area contributed by atoms with Crippen molar-refractivity contribution < 1.29 is 19.7 Å². The van der Waals surface area contributed by atoms with E-state index in [-0.39, 0.29) is 31.1 Å². The van der Waals surface area contributed by atoms with Gasteiger partial charge in [-0.2, -0.15) is 5.10 Å². The van der Waals surface area contributed by atoms with Gasteiger partial charge in [0.15, 0.2) is 0 Å². The van der Waals surface area contributed by atoms with Crippen molar-refractivity contribution in [2.24, 2.45) is 5.92 Å². The third-order valence-corrected chi connectivity index (χ3v) is 4.16. The fourth-order valence-electron chi connectivity index (χ4n) is 3.16. The highest BCUT2D eigenvalue weighted by atomic mass is 16.6. The summed E-state index contributed by atoms with van der Waals surface area (Å²) in [5.74, 6) is -0.458. The number of aromatic amines is 1. The Kier molecular flexibility index (Phi) is 5.44.